The van der Waals surface area contributed by atoms with Gasteiger partial charge in [-0.15, -0.1) is 0 Å². The maximum absolute atomic E-state index is 11.4. The summed E-state index contributed by atoms with van der Waals surface area (Å²) in [6.07, 6.45) is 0. The molecule has 0 saturated carbocycles. The Bertz CT molecular complexity index is 590. The summed E-state index contributed by atoms with van der Waals surface area (Å²) in [5, 5.41) is 9.35. The quantitative estimate of drug-likeness (QED) is 0.903. The highest BCUT2D eigenvalue weighted by Gasteiger charge is 2.20. The maximum Gasteiger partial charge on any atom is 0.314 e. The standard InChI is InChI=1S/C17H18O3/c1-12-8-9-13(2)16(10-12)20-11-15(17(18)19)14-6-4-3-5-7-14/h3-10,15H,11H2,1-2H3,(H,18,19). The number of carboxylic acids is 1. The molecule has 0 spiro atoms. The molecule has 0 amide bonds. The summed E-state index contributed by atoms with van der Waals surface area (Å²) in [4.78, 5) is 11.4. The predicted molar refractivity (Wildman–Crippen MR) is 78.2 cm³/mol. The molecule has 20 heavy (non-hydrogen) atoms. The van der Waals surface area contributed by atoms with E-state index in [0.29, 0.717) is 0 Å². The van der Waals surface area contributed by atoms with Crippen LogP contribution in [0.5, 0.6) is 5.75 Å². The van der Waals surface area contributed by atoms with Crippen molar-refractivity contribution >= 4 is 5.97 Å². The number of hydrogen-bond donors (Lipinski definition) is 1. The molecule has 0 saturated heterocycles. The van der Waals surface area contributed by atoms with E-state index in [4.69, 9.17) is 4.74 Å². The van der Waals surface area contributed by atoms with E-state index in [0.717, 1.165) is 22.4 Å². The second-order valence-electron chi connectivity index (χ2n) is 4.88. The largest absolute Gasteiger partial charge is 0.492 e. The summed E-state index contributed by atoms with van der Waals surface area (Å²) in [5.41, 5.74) is 2.86. The molecule has 104 valence electrons. The lowest BCUT2D eigenvalue weighted by Gasteiger charge is -2.15. The highest BCUT2D eigenvalue weighted by molar-refractivity contribution is 5.76. The Hall–Kier alpha value is -2.29. The third-order valence-corrected chi connectivity index (χ3v) is 3.25. The summed E-state index contributed by atoms with van der Waals surface area (Å²) in [6.45, 7) is 4.06. The number of rotatable bonds is 5. The van der Waals surface area contributed by atoms with Crippen molar-refractivity contribution in [3.05, 3.63) is 65.2 Å². The van der Waals surface area contributed by atoms with Gasteiger partial charge in [0, 0.05) is 0 Å². The van der Waals surface area contributed by atoms with Gasteiger partial charge in [0.2, 0.25) is 0 Å². The third-order valence-electron chi connectivity index (χ3n) is 3.25. The van der Waals surface area contributed by atoms with E-state index in [-0.39, 0.29) is 6.61 Å². The Morgan fingerprint density at radius 3 is 2.50 bits per heavy atom. The van der Waals surface area contributed by atoms with Gasteiger partial charge in [-0.05, 0) is 36.6 Å². The van der Waals surface area contributed by atoms with E-state index in [1.807, 2.05) is 62.4 Å². The molecule has 0 bridgehead atoms. The highest BCUT2D eigenvalue weighted by atomic mass is 16.5. The van der Waals surface area contributed by atoms with Crippen LogP contribution in [0.15, 0.2) is 48.5 Å². The zero-order valence-electron chi connectivity index (χ0n) is 11.7. The summed E-state index contributed by atoms with van der Waals surface area (Å²) >= 11 is 0. The predicted octanol–water partition coefficient (Wildman–Crippen LogP) is 3.55. The number of benzene rings is 2. The molecular formula is C17H18O3. The first-order valence-electron chi connectivity index (χ1n) is 6.55. The summed E-state index contributed by atoms with van der Waals surface area (Å²) < 4.78 is 5.71. The first-order chi connectivity index (χ1) is 9.58. The minimum Gasteiger partial charge on any atom is -0.492 e. The van der Waals surface area contributed by atoms with E-state index in [1.54, 1.807) is 0 Å². The van der Waals surface area contributed by atoms with Gasteiger partial charge in [-0.3, -0.25) is 4.79 Å². The second kappa shape index (κ2) is 6.24. The summed E-state index contributed by atoms with van der Waals surface area (Å²) in [5.74, 6) is -0.787. The Kier molecular flexibility index (Phi) is 4.41. The monoisotopic (exact) mass is 270 g/mol. The fourth-order valence-corrected chi connectivity index (χ4v) is 2.03. The second-order valence-corrected chi connectivity index (χ2v) is 4.88. The summed E-state index contributed by atoms with van der Waals surface area (Å²) in [6, 6.07) is 15.1. The molecule has 0 aliphatic carbocycles. The van der Waals surface area contributed by atoms with E-state index < -0.39 is 11.9 Å². The number of carboxylic acid groups (broad SMARTS) is 1. The average Bonchev–Trinajstić information content (AvgIpc) is 2.43. The molecule has 2 rings (SSSR count). The molecule has 0 aliphatic heterocycles. The lowest BCUT2D eigenvalue weighted by molar-refractivity contribution is -0.139. The van der Waals surface area contributed by atoms with Crippen molar-refractivity contribution in [1.29, 1.82) is 0 Å². The van der Waals surface area contributed by atoms with Crippen molar-refractivity contribution in [2.45, 2.75) is 19.8 Å². The molecular weight excluding hydrogens is 252 g/mol. The van der Waals surface area contributed by atoms with Crippen LogP contribution in [-0.2, 0) is 4.79 Å². The normalized spacial score (nSPS) is 11.9. The van der Waals surface area contributed by atoms with E-state index in [9.17, 15) is 9.90 Å². The van der Waals surface area contributed by atoms with Gasteiger partial charge in [-0.2, -0.15) is 0 Å². The van der Waals surface area contributed by atoms with E-state index in [1.165, 1.54) is 0 Å². The van der Waals surface area contributed by atoms with Gasteiger partial charge in [0.25, 0.3) is 0 Å². The lowest BCUT2D eigenvalue weighted by Crippen LogP contribution is -2.19. The molecule has 0 fully saturated rings. The van der Waals surface area contributed by atoms with E-state index in [2.05, 4.69) is 0 Å². The van der Waals surface area contributed by atoms with Crippen LogP contribution >= 0.6 is 0 Å². The Morgan fingerprint density at radius 1 is 1.15 bits per heavy atom. The van der Waals surface area contributed by atoms with Crippen molar-refractivity contribution in [3.8, 4) is 5.75 Å². The molecule has 0 radical (unpaired) electrons. The molecule has 2 aromatic rings. The molecule has 3 nitrogen and oxygen atoms in total. The van der Waals surface area contributed by atoms with Crippen molar-refractivity contribution < 1.29 is 14.6 Å². The van der Waals surface area contributed by atoms with Crippen LogP contribution in [0.3, 0.4) is 0 Å². The maximum atomic E-state index is 11.4. The van der Waals surface area contributed by atoms with Gasteiger partial charge in [0.05, 0.1) is 0 Å². The number of carbonyl (C=O) groups is 1. The van der Waals surface area contributed by atoms with Crippen molar-refractivity contribution in [2.75, 3.05) is 6.61 Å². The van der Waals surface area contributed by atoms with Gasteiger partial charge >= 0.3 is 5.97 Å². The number of aliphatic carboxylic acids is 1. The molecule has 0 aromatic heterocycles. The van der Waals surface area contributed by atoms with Gasteiger partial charge in [0.15, 0.2) is 0 Å². The Balaban J connectivity index is 2.14. The SMILES string of the molecule is Cc1ccc(C)c(OCC(C(=O)O)c2ccccc2)c1. The van der Waals surface area contributed by atoms with Crippen LogP contribution in [0.1, 0.15) is 22.6 Å². The Labute approximate surface area is 118 Å². The van der Waals surface area contributed by atoms with Crippen LogP contribution in [-0.4, -0.2) is 17.7 Å². The van der Waals surface area contributed by atoms with Crippen molar-refractivity contribution in [3.63, 3.8) is 0 Å². The molecule has 3 heteroatoms. The number of ether oxygens (including phenoxy) is 1. The minimum absolute atomic E-state index is 0.129. The Morgan fingerprint density at radius 2 is 1.85 bits per heavy atom. The van der Waals surface area contributed by atoms with Gasteiger partial charge < -0.3 is 9.84 Å². The van der Waals surface area contributed by atoms with Gasteiger partial charge in [0.1, 0.15) is 18.3 Å². The van der Waals surface area contributed by atoms with Crippen LogP contribution in [0.4, 0.5) is 0 Å². The average molecular weight is 270 g/mol. The van der Waals surface area contributed by atoms with E-state index >= 15 is 0 Å². The first kappa shape index (κ1) is 14.1. The fraction of sp³-hybridized carbons (Fsp3) is 0.235. The van der Waals surface area contributed by atoms with Gasteiger partial charge in [-0.1, -0.05) is 42.5 Å². The molecule has 1 atom stereocenters. The molecule has 0 aliphatic rings. The van der Waals surface area contributed by atoms with Gasteiger partial charge in [-0.25, -0.2) is 0 Å². The fourth-order valence-electron chi connectivity index (χ4n) is 2.03. The van der Waals surface area contributed by atoms with Crippen LogP contribution < -0.4 is 4.74 Å². The van der Waals surface area contributed by atoms with Crippen LogP contribution in [0.25, 0.3) is 0 Å². The molecule has 2 aromatic carbocycles. The topological polar surface area (TPSA) is 46.5 Å². The number of hydrogen-bond acceptors (Lipinski definition) is 2. The minimum atomic E-state index is -0.874. The van der Waals surface area contributed by atoms with Crippen molar-refractivity contribution in [2.24, 2.45) is 0 Å². The highest BCUT2D eigenvalue weighted by Crippen LogP contribution is 2.22. The lowest BCUT2D eigenvalue weighted by atomic mass is 10.0. The summed E-state index contributed by atoms with van der Waals surface area (Å²) in [7, 11) is 0. The smallest absolute Gasteiger partial charge is 0.314 e. The molecule has 1 unspecified atom stereocenters. The first-order valence-corrected chi connectivity index (χ1v) is 6.55. The molecule has 1 N–H and O–H groups in total. The zero-order chi connectivity index (χ0) is 14.5. The number of aryl methyl sites for hydroxylation is 2. The molecule has 0 heterocycles. The zero-order valence-corrected chi connectivity index (χ0v) is 11.7. The van der Waals surface area contributed by atoms with Crippen LogP contribution in [0, 0.1) is 13.8 Å². The van der Waals surface area contributed by atoms with Crippen molar-refractivity contribution in [1.82, 2.24) is 0 Å². The third kappa shape index (κ3) is 3.38. The van der Waals surface area contributed by atoms with Crippen LogP contribution in [0.2, 0.25) is 0 Å².